The van der Waals surface area contributed by atoms with Crippen molar-refractivity contribution in [2.24, 2.45) is 0 Å². The number of hydrogen-bond acceptors (Lipinski definition) is 5. The van der Waals surface area contributed by atoms with Crippen LogP contribution in [0.5, 0.6) is 0 Å². The van der Waals surface area contributed by atoms with Gasteiger partial charge in [0.1, 0.15) is 0 Å². The number of nitrogens with one attached hydrogen (secondary N) is 1. The van der Waals surface area contributed by atoms with Gasteiger partial charge in [0.25, 0.3) is 0 Å². The minimum Gasteiger partial charge on any atom is -0.466 e. The van der Waals surface area contributed by atoms with Gasteiger partial charge in [0, 0.05) is 26.1 Å². The van der Waals surface area contributed by atoms with Crippen molar-refractivity contribution >= 4 is 5.97 Å². The summed E-state index contributed by atoms with van der Waals surface area (Å²) < 4.78 is 10.6. The molecular formula is C14H28N2O3. The number of carbonyl (C=O) groups is 1. The largest absolute Gasteiger partial charge is 0.466 e. The van der Waals surface area contributed by atoms with Crippen molar-refractivity contribution in [2.45, 2.75) is 38.7 Å². The minimum absolute atomic E-state index is 0.0667. The van der Waals surface area contributed by atoms with Crippen LogP contribution in [0.15, 0.2) is 0 Å². The zero-order chi connectivity index (χ0) is 13.9. The molecule has 5 nitrogen and oxygen atoms in total. The summed E-state index contributed by atoms with van der Waals surface area (Å²) in [6.45, 7) is 7.22. The minimum atomic E-state index is -0.0667. The number of likely N-dealkylation sites (N-methyl/N-ethyl adjacent to an activating group) is 1. The Morgan fingerprint density at radius 2 is 2.26 bits per heavy atom. The number of nitrogens with zero attached hydrogens (tertiary/aromatic N) is 1. The first kappa shape index (κ1) is 16.4. The van der Waals surface area contributed by atoms with E-state index in [4.69, 9.17) is 9.47 Å². The third-order valence-corrected chi connectivity index (χ3v) is 3.32. The first-order valence-corrected chi connectivity index (χ1v) is 7.40. The number of esters is 1. The highest BCUT2D eigenvalue weighted by atomic mass is 16.5. The molecule has 5 heteroatoms. The lowest BCUT2D eigenvalue weighted by Crippen LogP contribution is -2.46. The molecule has 1 fully saturated rings. The third-order valence-electron chi connectivity index (χ3n) is 3.32. The van der Waals surface area contributed by atoms with E-state index < -0.39 is 0 Å². The van der Waals surface area contributed by atoms with Gasteiger partial charge in [0.05, 0.1) is 19.3 Å². The Hall–Kier alpha value is -0.650. The molecule has 1 heterocycles. The zero-order valence-corrected chi connectivity index (χ0v) is 12.3. The fraction of sp³-hybridized carbons (Fsp3) is 0.929. The maximum absolute atomic E-state index is 11.2. The van der Waals surface area contributed by atoms with Crippen LogP contribution in [0.1, 0.15) is 32.6 Å². The summed E-state index contributed by atoms with van der Waals surface area (Å²) in [5.74, 6) is -0.0667. The van der Waals surface area contributed by atoms with Gasteiger partial charge in [0.2, 0.25) is 0 Å². The topological polar surface area (TPSA) is 50.8 Å². The van der Waals surface area contributed by atoms with Crippen molar-refractivity contribution < 1.29 is 14.3 Å². The monoisotopic (exact) mass is 272 g/mol. The highest BCUT2D eigenvalue weighted by Crippen LogP contribution is 2.08. The molecule has 1 N–H and O–H groups in total. The maximum Gasteiger partial charge on any atom is 0.305 e. The molecule has 0 bridgehead atoms. The lowest BCUT2D eigenvalue weighted by molar-refractivity contribution is -0.143. The number of ether oxygens (including phenoxy) is 2. The number of unbranched alkanes of at least 4 members (excludes halogenated alkanes) is 2. The molecule has 1 rings (SSSR count). The highest BCUT2D eigenvalue weighted by molar-refractivity contribution is 5.69. The molecule has 0 saturated carbocycles. The van der Waals surface area contributed by atoms with Crippen LogP contribution in [0.2, 0.25) is 0 Å². The van der Waals surface area contributed by atoms with Gasteiger partial charge in [-0.15, -0.1) is 0 Å². The van der Waals surface area contributed by atoms with E-state index in [1.165, 1.54) is 0 Å². The Bertz CT molecular complexity index is 247. The first-order valence-electron chi connectivity index (χ1n) is 7.40. The standard InChI is InChI=1S/C14H28N2O3/c1-3-18-14(17)7-5-4-6-8-16-9-10-19-13(12-16)11-15-2/h13,15H,3-12H2,1-2H3. The van der Waals surface area contributed by atoms with E-state index in [9.17, 15) is 4.79 Å². The van der Waals surface area contributed by atoms with Crippen molar-refractivity contribution in [1.82, 2.24) is 10.2 Å². The SMILES string of the molecule is CCOC(=O)CCCCCN1CCOC(CNC)C1. The molecule has 1 unspecified atom stereocenters. The van der Waals surface area contributed by atoms with Crippen molar-refractivity contribution in [3.05, 3.63) is 0 Å². The molecule has 0 aromatic rings. The summed E-state index contributed by atoms with van der Waals surface area (Å²) in [6.07, 6.45) is 4.04. The van der Waals surface area contributed by atoms with Crippen LogP contribution in [0, 0.1) is 0 Å². The third kappa shape index (κ3) is 7.50. The van der Waals surface area contributed by atoms with E-state index in [1.54, 1.807) is 0 Å². The second-order valence-electron chi connectivity index (χ2n) is 4.97. The van der Waals surface area contributed by atoms with Gasteiger partial charge < -0.3 is 14.8 Å². The quantitative estimate of drug-likeness (QED) is 0.502. The summed E-state index contributed by atoms with van der Waals surface area (Å²) in [5.41, 5.74) is 0. The molecular weight excluding hydrogens is 244 g/mol. The van der Waals surface area contributed by atoms with E-state index in [1.807, 2.05) is 14.0 Å². The van der Waals surface area contributed by atoms with Crippen molar-refractivity contribution in [1.29, 1.82) is 0 Å². The van der Waals surface area contributed by atoms with Gasteiger partial charge in [-0.3, -0.25) is 9.69 Å². The van der Waals surface area contributed by atoms with Gasteiger partial charge in [-0.2, -0.15) is 0 Å². The fourth-order valence-electron chi connectivity index (χ4n) is 2.35. The summed E-state index contributed by atoms with van der Waals surface area (Å²) in [4.78, 5) is 13.6. The molecule has 1 atom stereocenters. The Morgan fingerprint density at radius 3 is 3.00 bits per heavy atom. The van der Waals surface area contributed by atoms with Crippen LogP contribution >= 0.6 is 0 Å². The predicted octanol–water partition coefficient (Wildman–Crippen LogP) is 1.03. The van der Waals surface area contributed by atoms with Gasteiger partial charge in [-0.05, 0) is 33.4 Å². The molecule has 0 aliphatic carbocycles. The lowest BCUT2D eigenvalue weighted by Gasteiger charge is -2.32. The van der Waals surface area contributed by atoms with Gasteiger partial charge in [-0.1, -0.05) is 6.42 Å². The molecule has 1 saturated heterocycles. The van der Waals surface area contributed by atoms with Crippen LogP contribution in [-0.4, -0.2) is 63.4 Å². The summed E-state index contributed by atoms with van der Waals surface area (Å²) in [7, 11) is 1.96. The van der Waals surface area contributed by atoms with Crippen LogP contribution in [-0.2, 0) is 14.3 Å². The molecule has 1 aliphatic rings. The summed E-state index contributed by atoms with van der Waals surface area (Å²) in [5, 5.41) is 3.16. The van der Waals surface area contributed by atoms with E-state index in [2.05, 4.69) is 10.2 Å². The number of carbonyl (C=O) groups excluding carboxylic acids is 1. The number of rotatable bonds is 9. The molecule has 0 radical (unpaired) electrons. The van der Waals surface area contributed by atoms with Gasteiger partial charge in [-0.25, -0.2) is 0 Å². The molecule has 0 aromatic heterocycles. The molecule has 1 aliphatic heterocycles. The van der Waals surface area contributed by atoms with Crippen LogP contribution in [0.4, 0.5) is 0 Å². The number of hydrogen-bond donors (Lipinski definition) is 1. The zero-order valence-electron chi connectivity index (χ0n) is 12.3. The second kappa shape index (κ2) is 10.2. The number of morpholine rings is 1. The fourth-order valence-corrected chi connectivity index (χ4v) is 2.35. The van der Waals surface area contributed by atoms with E-state index in [0.717, 1.165) is 52.0 Å². The van der Waals surface area contributed by atoms with Crippen molar-refractivity contribution in [3.8, 4) is 0 Å². The van der Waals surface area contributed by atoms with E-state index in [0.29, 0.717) is 19.1 Å². The van der Waals surface area contributed by atoms with Gasteiger partial charge >= 0.3 is 5.97 Å². The maximum atomic E-state index is 11.2. The Morgan fingerprint density at radius 1 is 1.42 bits per heavy atom. The lowest BCUT2D eigenvalue weighted by atomic mass is 10.1. The smallest absolute Gasteiger partial charge is 0.305 e. The van der Waals surface area contributed by atoms with Crippen LogP contribution in [0.3, 0.4) is 0 Å². The molecule has 19 heavy (non-hydrogen) atoms. The second-order valence-corrected chi connectivity index (χ2v) is 4.97. The highest BCUT2D eigenvalue weighted by Gasteiger charge is 2.18. The van der Waals surface area contributed by atoms with E-state index in [-0.39, 0.29) is 5.97 Å². The van der Waals surface area contributed by atoms with E-state index >= 15 is 0 Å². The predicted molar refractivity (Wildman–Crippen MR) is 75.2 cm³/mol. The Balaban J connectivity index is 2.01. The molecule has 0 aromatic carbocycles. The Kier molecular flexibility index (Phi) is 8.79. The van der Waals surface area contributed by atoms with Crippen LogP contribution < -0.4 is 5.32 Å². The average Bonchev–Trinajstić information content (AvgIpc) is 2.39. The summed E-state index contributed by atoms with van der Waals surface area (Å²) in [6, 6.07) is 0. The first-order chi connectivity index (χ1) is 9.26. The normalized spacial score (nSPS) is 20.4. The Labute approximate surface area is 116 Å². The van der Waals surface area contributed by atoms with Gasteiger partial charge in [0.15, 0.2) is 0 Å². The summed E-state index contributed by atoms with van der Waals surface area (Å²) >= 11 is 0. The van der Waals surface area contributed by atoms with Crippen molar-refractivity contribution in [2.75, 3.05) is 46.4 Å². The molecule has 112 valence electrons. The van der Waals surface area contributed by atoms with Crippen LogP contribution in [0.25, 0.3) is 0 Å². The molecule has 0 spiro atoms. The molecule has 0 amide bonds. The van der Waals surface area contributed by atoms with Crippen molar-refractivity contribution in [3.63, 3.8) is 0 Å². The average molecular weight is 272 g/mol.